The van der Waals surface area contributed by atoms with Gasteiger partial charge in [-0.15, -0.1) is 0 Å². The highest BCUT2D eigenvalue weighted by atomic mass is 32.2. The van der Waals surface area contributed by atoms with Crippen molar-refractivity contribution in [2.75, 3.05) is 44.2 Å². The highest BCUT2D eigenvalue weighted by Crippen LogP contribution is 2.44. The monoisotopic (exact) mass is 509 g/mol. The molecule has 0 bridgehead atoms. The second-order valence-corrected chi connectivity index (χ2v) is 11.1. The largest absolute Gasteiger partial charge is 0.339 e. The van der Waals surface area contributed by atoms with Crippen molar-refractivity contribution < 1.29 is 13.4 Å². The average Bonchev–Trinajstić information content (AvgIpc) is 2.89. The minimum absolute atomic E-state index is 0.703. The molecule has 2 aliphatic heterocycles. The Kier molecular flexibility index (Phi) is 7.75. The van der Waals surface area contributed by atoms with E-state index in [1.165, 1.54) is 23.4 Å². The van der Waals surface area contributed by atoms with E-state index in [-0.39, 0.29) is 0 Å². The Morgan fingerprint density at radius 3 is 2.40 bits per heavy atom. The molecule has 5 rings (SSSR count). The van der Waals surface area contributed by atoms with Gasteiger partial charge in [0.25, 0.3) is 0 Å². The van der Waals surface area contributed by atoms with Crippen LogP contribution in [0, 0.1) is 13.8 Å². The number of benzene rings is 3. The van der Waals surface area contributed by atoms with Crippen LogP contribution in [0.5, 0.6) is 5.75 Å². The van der Waals surface area contributed by atoms with Gasteiger partial charge in [-0.2, -0.15) is 0 Å². The van der Waals surface area contributed by atoms with Gasteiger partial charge in [0.2, 0.25) is 0 Å². The number of nitrogens with zero attached hydrogens (tertiary/aromatic N) is 3. The van der Waals surface area contributed by atoms with Crippen molar-refractivity contribution in [2.24, 2.45) is 0 Å². The van der Waals surface area contributed by atoms with E-state index in [0.717, 1.165) is 66.9 Å². The quantitative estimate of drug-likeness (QED) is 0.172. The van der Waals surface area contributed by atoms with E-state index in [0.29, 0.717) is 5.75 Å². The van der Waals surface area contributed by atoms with Crippen molar-refractivity contribution in [3.8, 4) is 5.75 Å². The molecule has 0 aromatic heterocycles. The van der Waals surface area contributed by atoms with Gasteiger partial charge in [0.05, 0.1) is 32.0 Å². The zero-order chi connectivity index (χ0) is 24.2. The third-order valence-electron chi connectivity index (χ3n) is 6.69. The second-order valence-electron chi connectivity index (χ2n) is 8.91. The Morgan fingerprint density at radius 1 is 0.857 bits per heavy atom. The molecule has 1 fully saturated rings. The van der Waals surface area contributed by atoms with Crippen LogP contribution in [0.2, 0.25) is 0 Å². The maximum atomic E-state index is 13.3. The van der Waals surface area contributed by atoms with Gasteiger partial charge in [-0.05, 0) is 68.3 Å². The summed E-state index contributed by atoms with van der Waals surface area (Å²) in [5, 5.41) is 0. The number of fused-ring (bicyclic) bond motifs is 2. The van der Waals surface area contributed by atoms with Crippen molar-refractivity contribution >= 4 is 34.4 Å². The first kappa shape index (κ1) is 24.3. The molecule has 0 N–H and O–H groups in total. The first-order valence-corrected chi connectivity index (χ1v) is 13.9. The standard InChI is InChI=1S/C27H31N3O3S2/c1-21-13-14-26-27(22(21)2)30(24-11-6-7-12-25(24)35(26)31)16-8-15-28-17-19-29(20-18-28)34-33-32-23-9-4-3-5-10-23/h3-7,9-14H,8,15-20H2,1-2H3. The summed E-state index contributed by atoms with van der Waals surface area (Å²) in [6, 6.07) is 21.8. The van der Waals surface area contributed by atoms with E-state index < -0.39 is 10.8 Å². The topological polar surface area (TPSA) is 45.2 Å². The van der Waals surface area contributed by atoms with Crippen LogP contribution in [0.3, 0.4) is 0 Å². The lowest BCUT2D eigenvalue weighted by Crippen LogP contribution is -2.44. The fourth-order valence-electron chi connectivity index (χ4n) is 4.62. The van der Waals surface area contributed by atoms with Crippen LogP contribution in [0.1, 0.15) is 17.5 Å². The lowest BCUT2D eigenvalue weighted by atomic mass is 10.1. The van der Waals surface area contributed by atoms with Crippen molar-refractivity contribution in [3.63, 3.8) is 0 Å². The van der Waals surface area contributed by atoms with Crippen LogP contribution in [0.25, 0.3) is 0 Å². The molecule has 0 saturated carbocycles. The number of piperazine rings is 1. The third kappa shape index (κ3) is 5.42. The summed E-state index contributed by atoms with van der Waals surface area (Å²) in [6.45, 7) is 10.0. The Bertz CT molecular complexity index is 1180. The van der Waals surface area contributed by atoms with Crippen LogP contribution < -0.4 is 9.79 Å². The SMILES string of the molecule is Cc1ccc2c(c1C)N(CCCN1CCN(SOOc3ccccc3)CC1)c1ccccc1S2=O. The highest BCUT2D eigenvalue weighted by Gasteiger charge is 2.29. The Balaban J connectivity index is 1.15. The van der Waals surface area contributed by atoms with Gasteiger partial charge in [0.15, 0.2) is 5.75 Å². The van der Waals surface area contributed by atoms with Gasteiger partial charge in [0, 0.05) is 32.7 Å². The molecule has 0 radical (unpaired) electrons. The minimum atomic E-state index is -1.14. The number of rotatable bonds is 8. The zero-order valence-electron chi connectivity index (χ0n) is 20.2. The van der Waals surface area contributed by atoms with E-state index in [4.69, 9.17) is 9.22 Å². The summed E-state index contributed by atoms with van der Waals surface area (Å²) in [4.78, 5) is 12.1. The molecule has 3 aromatic rings. The summed E-state index contributed by atoms with van der Waals surface area (Å²) in [5.74, 6) is 0.703. The molecular weight excluding hydrogens is 478 g/mol. The highest BCUT2D eigenvalue weighted by molar-refractivity contribution is 7.92. The molecule has 0 aliphatic carbocycles. The Morgan fingerprint density at radius 2 is 1.60 bits per heavy atom. The van der Waals surface area contributed by atoms with E-state index in [1.807, 2.05) is 54.6 Å². The third-order valence-corrected chi connectivity index (χ3v) is 8.87. The van der Waals surface area contributed by atoms with Crippen LogP contribution in [-0.4, -0.2) is 52.7 Å². The summed E-state index contributed by atoms with van der Waals surface area (Å²) < 4.78 is 20.8. The first-order valence-electron chi connectivity index (χ1n) is 12.0. The van der Waals surface area contributed by atoms with Gasteiger partial charge in [-0.3, -0.25) is 0 Å². The van der Waals surface area contributed by atoms with Crippen molar-refractivity contribution in [1.29, 1.82) is 0 Å². The minimum Gasteiger partial charge on any atom is -0.339 e. The molecule has 0 spiro atoms. The van der Waals surface area contributed by atoms with Crippen LogP contribution in [-0.2, 0) is 15.1 Å². The first-order chi connectivity index (χ1) is 17.1. The predicted octanol–water partition coefficient (Wildman–Crippen LogP) is 5.50. The van der Waals surface area contributed by atoms with Crippen molar-refractivity contribution in [2.45, 2.75) is 30.1 Å². The molecule has 2 heterocycles. The van der Waals surface area contributed by atoms with Crippen molar-refractivity contribution in [3.05, 3.63) is 77.9 Å². The maximum Gasteiger partial charge on any atom is 0.166 e. The number of hydrogen-bond acceptors (Lipinski definition) is 7. The van der Waals surface area contributed by atoms with E-state index in [2.05, 4.69) is 40.1 Å². The second kappa shape index (κ2) is 11.1. The molecular formula is C27H31N3O3S2. The fourth-order valence-corrected chi connectivity index (χ4v) is 6.57. The van der Waals surface area contributed by atoms with E-state index in [1.54, 1.807) is 0 Å². The van der Waals surface area contributed by atoms with Crippen molar-refractivity contribution in [1.82, 2.24) is 9.21 Å². The molecule has 1 saturated heterocycles. The summed E-state index contributed by atoms with van der Waals surface area (Å²) >= 11 is 1.28. The number of hydrogen-bond donors (Lipinski definition) is 0. The number of para-hydroxylation sites is 2. The molecule has 8 heteroatoms. The maximum absolute atomic E-state index is 13.3. The molecule has 1 atom stereocenters. The lowest BCUT2D eigenvalue weighted by Gasteiger charge is -2.36. The Labute approximate surface area is 214 Å². The molecule has 6 nitrogen and oxygen atoms in total. The predicted molar refractivity (Wildman–Crippen MR) is 142 cm³/mol. The average molecular weight is 510 g/mol. The summed E-state index contributed by atoms with van der Waals surface area (Å²) in [5.41, 5.74) is 4.65. The molecule has 35 heavy (non-hydrogen) atoms. The van der Waals surface area contributed by atoms with Crippen LogP contribution in [0.4, 0.5) is 11.4 Å². The summed E-state index contributed by atoms with van der Waals surface area (Å²) in [6.07, 6.45) is 1.04. The number of aryl methyl sites for hydroxylation is 1. The van der Waals surface area contributed by atoms with Crippen LogP contribution >= 0.6 is 12.2 Å². The molecule has 3 aromatic carbocycles. The smallest absolute Gasteiger partial charge is 0.166 e. The molecule has 1 unspecified atom stereocenters. The Hall–Kier alpha value is -2.36. The molecule has 184 valence electrons. The molecule has 2 aliphatic rings. The van der Waals surface area contributed by atoms with E-state index >= 15 is 0 Å². The lowest BCUT2D eigenvalue weighted by molar-refractivity contribution is -0.0831. The normalized spacial score (nSPS) is 18.2. The van der Waals surface area contributed by atoms with Gasteiger partial charge < -0.3 is 14.7 Å². The van der Waals surface area contributed by atoms with E-state index in [9.17, 15) is 4.21 Å². The summed E-state index contributed by atoms with van der Waals surface area (Å²) in [7, 11) is -1.14. The van der Waals surface area contributed by atoms with Gasteiger partial charge in [-0.25, -0.2) is 8.51 Å². The van der Waals surface area contributed by atoms with Crippen LogP contribution in [0.15, 0.2) is 76.5 Å². The molecule has 0 amide bonds. The van der Waals surface area contributed by atoms with Gasteiger partial charge in [-0.1, -0.05) is 40.7 Å². The van der Waals surface area contributed by atoms with Gasteiger partial charge in [0.1, 0.15) is 12.2 Å². The fraction of sp³-hybridized carbons (Fsp3) is 0.333. The number of anilines is 2. The zero-order valence-corrected chi connectivity index (χ0v) is 21.8. The van der Waals surface area contributed by atoms with Gasteiger partial charge >= 0.3 is 0 Å².